The van der Waals surface area contributed by atoms with E-state index in [9.17, 15) is 14.4 Å². The molecule has 2 aromatic heterocycles. The highest BCUT2D eigenvalue weighted by molar-refractivity contribution is 5.97. The minimum Gasteiger partial charge on any atom is -0.371 e. The van der Waals surface area contributed by atoms with Gasteiger partial charge in [0.05, 0.1) is 24.3 Å². The van der Waals surface area contributed by atoms with Gasteiger partial charge in [0.2, 0.25) is 17.7 Å². The third kappa shape index (κ3) is 4.66. The van der Waals surface area contributed by atoms with Crippen LogP contribution in [0.1, 0.15) is 44.8 Å². The lowest BCUT2D eigenvalue weighted by molar-refractivity contribution is -0.142. The maximum absolute atomic E-state index is 14.0. The van der Waals surface area contributed by atoms with E-state index in [0.29, 0.717) is 30.0 Å². The molecule has 2 saturated carbocycles. The Morgan fingerprint density at radius 1 is 1.13 bits per heavy atom. The number of primary amides is 1. The van der Waals surface area contributed by atoms with Crippen molar-refractivity contribution in [3.8, 4) is 0 Å². The maximum atomic E-state index is 14.0. The van der Waals surface area contributed by atoms with Crippen molar-refractivity contribution >= 4 is 34.2 Å². The molecule has 0 bridgehead atoms. The van der Waals surface area contributed by atoms with E-state index in [1.165, 1.54) is 6.33 Å². The Bertz CT molecular complexity index is 1420. The Labute approximate surface area is 226 Å². The van der Waals surface area contributed by atoms with Crippen LogP contribution in [-0.4, -0.2) is 61.4 Å². The fourth-order valence-corrected chi connectivity index (χ4v) is 6.26. The van der Waals surface area contributed by atoms with Crippen LogP contribution in [0.4, 0.5) is 5.69 Å². The highest BCUT2D eigenvalue weighted by atomic mass is 16.2. The Balaban J connectivity index is 1.28. The van der Waals surface area contributed by atoms with Crippen LogP contribution in [0.25, 0.3) is 10.8 Å². The zero-order chi connectivity index (χ0) is 27.3. The van der Waals surface area contributed by atoms with Gasteiger partial charge in [-0.15, -0.1) is 0 Å². The van der Waals surface area contributed by atoms with Crippen LogP contribution in [0.5, 0.6) is 0 Å². The summed E-state index contributed by atoms with van der Waals surface area (Å²) in [5.41, 5.74) is 6.63. The van der Waals surface area contributed by atoms with Crippen LogP contribution >= 0.6 is 0 Å². The van der Waals surface area contributed by atoms with Gasteiger partial charge in [-0.3, -0.25) is 14.4 Å². The van der Waals surface area contributed by atoms with Crippen molar-refractivity contribution in [2.45, 2.75) is 51.2 Å². The van der Waals surface area contributed by atoms with Crippen LogP contribution in [0.15, 0.2) is 49.2 Å². The maximum Gasteiger partial charge on any atom is 0.246 e. The minimum atomic E-state index is -1.18. The summed E-state index contributed by atoms with van der Waals surface area (Å²) in [4.78, 5) is 50.3. The molecule has 3 fully saturated rings. The smallest absolute Gasteiger partial charge is 0.246 e. The normalized spacial score (nSPS) is 24.5. The standard InChI is InChI=1S/C28H32N8O3/c1-28(2)19-13-36(27(39)20(9-15-7-8-15)33-17-11-30-14-31-12-17)24(21(19)28)26(38)34-23(25(29)37)22-18-6-4-3-5-16(18)10-32-35-22/h3-6,10-12,14-15,19-21,23-24,33H,7-9,13H2,1-2H3,(H2,29,37)(H,34,38)/t19-,20?,21-,23?,24-/m0/s1. The van der Waals surface area contributed by atoms with Crippen LogP contribution in [0.2, 0.25) is 0 Å². The molecule has 5 atom stereocenters. The van der Waals surface area contributed by atoms with Crippen molar-refractivity contribution in [3.63, 3.8) is 0 Å². The molecular weight excluding hydrogens is 496 g/mol. The zero-order valence-electron chi connectivity index (χ0n) is 21.9. The monoisotopic (exact) mass is 528 g/mol. The quantitative estimate of drug-likeness (QED) is 0.380. The number of hydrogen-bond donors (Lipinski definition) is 3. The number of carbonyl (C=O) groups excluding carboxylic acids is 3. The molecule has 3 heterocycles. The molecule has 0 spiro atoms. The molecule has 39 heavy (non-hydrogen) atoms. The van der Waals surface area contributed by atoms with Gasteiger partial charge in [-0.1, -0.05) is 51.0 Å². The number of benzene rings is 1. The van der Waals surface area contributed by atoms with Crippen LogP contribution in [0, 0.1) is 23.2 Å². The Kier molecular flexibility index (Phi) is 6.16. The van der Waals surface area contributed by atoms with E-state index in [0.717, 1.165) is 18.2 Å². The molecule has 3 aliphatic rings. The van der Waals surface area contributed by atoms with Gasteiger partial charge in [-0.25, -0.2) is 9.97 Å². The second-order valence-corrected chi connectivity index (χ2v) is 11.6. The first-order valence-corrected chi connectivity index (χ1v) is 13.4. The third-order valence-electron chi connectivity index (χ3n) is 8.67. The van der Waals surface area contributed by atoms with Crippen molar-refractivity contribution in [2.75, 3.05) is 11.9 Å². The Morgan fingerprint density at radius 2 is 1.87 bits per heavy atom. The number of hydrogen-bond acceptors (Lipinski definition) is 8. The molecule has 11 nitrogen and oxygen atoms in total. The van der Waals surface area contributed by atoms with Crippen molar-refractivity contribution in [2.24, 2.45) is 28.9 Å². The number of carbonyl (C=O) groups is 3. The number of anilines is 1. The highest BCUT2D eigenvalue weighted by Crippen LogP contribution is 2.65. The number of piperidine rings is 1. The third-order valence-corrected chi connectivity index (χ3v) is 8.67. The van der Waals surface area contributed by atoms with Crippen LogP contribution < -0.4 is 16.4 Å². The predicted octanol–water partition coefficient (Wildman–Crippen LogP) is 1.83. The molecule has 0 radical (unpaired) electrons. The number of nitrogens with zero attached hydrogens (tertiary/aromatic N) is 5. The van der Waals surface area contributed by atoms with Gasteiger partial charge in [0.15, 0.2) is 6.04 Å². The van der Waals surface area contributed by atoms with Gasteiger partial charge in [0.25, 0.3) is 0 Å². The number of aromatic nitrogens is 4. The van der Waals surface area contributed by atoms with E-state index in [-0.39, 0.29) is 28.9 Å². The summed E-state index contributed by atoms with van der Waals surface area (Å²) in [6.45, 7) is 4.72. The Morgan fingerprint density at radius 3 is 2.59 bits per heavy atom. The zero-order valence-corrected chi connectivity index (χ0v) is 21.9. The summed E-state index contributed by atoms with van der Waals surface area (Å²) in [6, 6.07) is 4.94. The van der Waals surface area contributed by atoms with E-state index in [4.69, 9.17) is 5.73 Å². The number of amides is 3. The summed E-state index contributed by atoms with van der Waals surface area (Å²) in [6.07, 6.45) is 9.16. The van der Waals surface area contributed by atoms with Gasteiger partial charge in [0.1, 0.15) is 24.1 Å². The number of nitrogens with one attached hydrogen (secondary N) is 2. The second-order valence-electron chi connectivity index (χ2n) is 11.6. The summed E-state index contributed by atoms with van der Waals surface area (Å²) in [5.74, 6) is -0.629. The number of likely N-dealkylation sites (tertiary alicyclic amines) is 1. The molecule has 4 N–H and O–H groups in total. The van der Waals surface area contributed by atoms with Gasteiger partial charge in [-0.05, 0) is 29.6 Å². The summed E-state index contributed by atoms with van der Waals surface area (Å²) in [7, 11) is 0. The Hall–Kier alpha value is -4.15. The molecule has 3 aromatic rings. The summed E-state index contributed by atoms with van der Waals surface area (Å²) >= 11 is 0. The topological polar surface area (TPSA) is 156 Å². The average Bonchev–Trinajstić information content (AvgIpc) is 3.78. The second kappa shape index (κ2) is 9.55. The molecule has 2 aliphatic carbocycles. The fourth-order valence-electron chi connectivity index (χ4n) is 6.26. The van der Waals surface area contributed by atoms with E-state index < -0.39 is 29.9 Å². The first-order chi connectivity index (χ1) is 18.8. The molecule has 6 rings (SSSR count). The highest BCUT2D eigenvalue weighted by Gasteiger charge is 2.69. The lowest BCUT2D eigenvalue weighted by Crippen LogP contribution is -2.55. The van der Waals surface area contributed by atoms with E-state index in [2.05, 4.69) is 44.6 Å². The first kappa shape index (κ1) is 25.1. The first-order valence-electron chi connectivity index (χ1n) is 13.4. The van der Waals surface area contributed by atoms with Crippen LogP contribution in [0.3, 0.4) is 0 Å². The molecule has 11 heteroatoms. The predicted molar refractivity (Wildman–Crippen MR) is 143 cm³/mol. The van der Waals surface area contributed by atoms with E-state index >= 15 is 0 Å². The largest absolute Gasteiger partial charge is 0.371 e. The minimum absolute atomic E-state index is 0.0183. The van der Waals surface area contributed by atoms with Gasteiger partial charge in [0, 0.05) is 17.3 Å². The van der Waals surface area contributed by atoms with Crippen molar-refractivity contribution < 1.29 is 14.4 Å². The summed E-state index contributed by atoms with van der Waals surface area (Å²) < 4.78 is 0. The molecule has 1 aromatic carbocycles. The summed E-state index contributed by atoms with van der Waals surface area (Å²) in [5, 5.41) is 15.8. The number of fused-ring (bicyclic) bond motifs is 2. The SMILES string of the molecule is CC1(C)[C@@H]2[C@@H](C(=O)NC(C(N)=O)c3nncc4ccccc34)N(C(=O)C(CC3CC3)Nc3cncnc3)C[C@@H]21. The van der Waals surface area contributed by atoms with Gasteiger partial charge in [-0.2, -0.15) is 10.2 Å². The van der Waals surface area contributed by atoms with Crippen molar-refractivity contribution in [1.29, 1.82) is 0 Å². The van der Waals surface area contributed by atoms with E-state index in [1.54, 1.807) is 23.5 Å². The van der Waals surface area contributed by atoms with Gasteiger partial charge >= 0.3 is 0 Å². The fraction of sp³-hybridized carbons (Fsp3) is 0.464. The molecule has 1 saturated heterocycles. The molecule has 3 amide bonds. The number of rotatable bonds is 9. The van der Waals surface area contributed by atoms with Crippen LogP contribution in [-0.2, 0) is 14.4 Å². The van der Waals surface area contributed by atoms with E-state index in [1.807, 2.05) is 24.3 Å². The molecule has 1 aliphatic heterocycles. The van der Waals surface area contributed by atoms with Crippen molar-refractivity contribution in [1.82, 2.24) is 30.4 Å². The molecule has 2 unspecified atom stereocenters. The van der Waals surface area contributed by atoms with Gasteiger partial charge < -0.3 is 21.3 Å². The molecule has 202 valence electrons. The average molecular weight is 529 g/mol. The lowest BCUT2D eigenvalue weighted by atomic mass is 9.98. The lowest BCUT2D eigenvalue weighted by Gasteiger charge is -2.34. The molecular formula is C28H32N8O3. The number of nitrogens with two attached hydrogens (primary N) is 1. The van der Waals surface area contributed by atoms with Crippen molar-refractivity contribution in [3.05, 3.63) is 54.9 Å².